The molecule has 0 aromatic rings. The van der Waals surface area contributed by atoms with E-state index in [1.165, 1.54) is 7.11 Å². The predicted molar refractivity (Wildman–Crippen MR) is 36.9 cm³/mol. The molecular weight excluding hydrogens is 151 g/mol. The Morgan fingerprint density at radius 1 is 1.64 bits per heavy atom. The first-order valence-electron chi connectivity index (χ1n) is 3.71. The van der Waals surface area contributed by atoms with Crippen LogP contribution in [0.3, 0.4) is 0 Å². The average molecular weight is 164 g/mol. The van der Waals surface area contributed by atoms with Crippen LogP contribution in [0, 0.1) is 0 Å². The molecule has 4 heteroatoms. The first kappa shape index (κ1) is 8.90. The lowest BCUT2D eigenvalue weighted by Crippen LogP contribution is -2.29. The van der Waals surface area contributed by atoms with Gasteiger partial charge >= 0.3 is 0 Å². The molecule has 1 N–H and O–H groups in total. The Bertz CT molecular complexity index is 113. The molecule has 1 aliphatic heterocycles. The Morgan fingerprint density at radius 2 is 2.27 bits per heavy atom. The maximum Gasteiger partial charge on any atom is 0.191 e. The molecule has 0 aromatic heterocycles. The van der Waals surface area contributed by atoms with E-state index in [9.17, 15) is 9.50 Å². The zero-order valence-electron chi connectivity index (χ0n) is 6.66. The summed E-state index contributed by atoms with van der Waals surface area (Å²) in [4.78, 5) is 0. The van der Waals surface area contributed by atoms with Crippen molar-refractivity contribution in [2.24, 2.45) is 0 Å². The van der Waals surface area contributed by atoms with Gasteiger partial charge in [0.15, 0.2) is 12.5 Å². The van der Waals surface area contributed by atoms with Crippen molar-refractivity contribution in [1.82, 2.24) is 0 Å². The number of halogens is 1. The zero-order valence-corrected chi connectivity index (χ0v) is 6.66. The van der Waals surface area contributed by atoms with Crippen molar-refractivity contribution in [3.8, 4) is 0 Å². The van der Waals surface area contributed by atoms with Crippen LogP contribution in [0.4, 0.5) is 4.39 Å². The van der Waals surface area contributed by atoms with Gasteiger partial charge in [0.05, 0.1) is 6.10 Å². The third kappa shape index (κ3) is 1.52. The van der Waals surface area contributed by atoms with Gasteiger partial charge in [0, 0.05) is 7.11 Å². The summed E-state index contributed by atoms with van der Waals surface area (Å²) in [5, 5.41) is 9.18. The molecule has 0 amide bonds. The van der Waals surface area contributed by atoms with Gasteiger partial charge < -0.3 is 14.6 Å². The zero-order chi connectivity index (χ0) is 8.43. The van der Waals surface area contributed by atoms with Crippen LogP contribution in [0.25, 0.3) is 0 Å². The van der Waals surface area contributed by atoms with Gasteiger partial charge in [-0.25, -0.2) is 4.39 Å². The molecule has 1 aliphatic rings. The normalized spacial score (nSPS) is 44.7. The molecule has 66 valence electrons. The Kier molecular flexibility index (Phi) is 2.81. The van der Waals surface area contributed by atoms with E-state index < -0.39 is 24.7 Å². The molecule has 0 radical (unpaired) electrons. The van der Waals surface area contributed by atoms with Crippen molar-refractivity contribution in [3.05, 3.63) is 0 Å². The Hall–Kier alpha value is -0.190. The second kappa shape index (κ2) is 3.47. The topological polar surface area (TPSA) is 38.7 Å². The molecule has 1 saturated heterocycles. The molecule has 0 saturated carbocycles. The smallest absolute Gasteiger partial charge is 0.191 e. The van der Waals surface area contributed by atoms with E-state index in [-0.39, 0.29) is 0 Å². The van der Waals surface area contributed by atoms with Crippen molar-refractivity contribution in [1.29, 1.82) is 0 Å². The fraction of sp³-hybridized carbons (Fsp3) is 1.00. The molecule has 0 aromatic carbocycles. The number of methoxy groups -OCH3 is 1. The number of aliphatic hydroxyl groups is 1. The Morgan fingerprint density at radius 3 is 2.55 bits per heavy atom. The summed E-state index contributed by atoms with van der Waals surface area (Å²) in [6.45, 7) is 1.83. The van der Waals surface area contributed by atoms with E-state index in [0.717, 1.165) is 0 Å². The molecule has 0 bridgehead atoms. The molecule has 3 nitrogen and oxygen atoms in total. The maximum absolute atomic E-state index is 12.9. The fourth-order valence-electron chi connectivity index (χ4n) is 1.22. The van der Waals surface area contributed by atoms with Gasteiger partial charge in [0.25, 0.3) is 0 Å². The monoisotopic (exact) mass is 164 g/mol. The quantitative estimate of drug-likeness (QED) is 0.644. The summed E-state index contributed by atoms with van der Waals surface area (Å²) < 4.78 is 22.6. The highest BCUT2D eigenvalue weighted by atomic mass is 19.1. The van der Waals surface area contributed by atoms with Crippen molar-refractivity contribution >= 4 is 0 Å². The summed E-state index contributed by atoms with van der Waals surface area (Å²) >= 11 is 0. The standard InChI is InChI=1S/C7H13FO3/c1-3-4-6(9)5(8)7(10-2)11-4/h4-7,9H,3H2,1-2H3/t4-,5?,6+,7-/m1/s1. The molecule has 0 aliphatic carbocycles. The lowest BCUT2D eigenvalue weighted by atomic mass is 10.1. The van der Waals surface area contributed by atoms with Crippen molar-refractivity contribution < 1.29 is 19.0 Å². The van der Waals surface area contributed by atoms with Crippen LogP contribution in [-0.2, 0) is 9.47 Å². The van der Waals surface area contributed by atoms with Crippen molar-refractivity contribution in [3.63, 3.8) is 0 Å². The van der Waals surface area contributed by atoms with Crippen LogP contribution in [0.2, 0.25) is 0 Å². The van der Waals surface area contributed by atoms with Crippen LogP contribution < -0.4 is 0 Å². The second-order valence-corrected chi connectivity index (χ2v) is 2.62. The minimum atomic E-state index is -1.41. The number of ether oxygens (including phenoxy) is 2. The molecule has 1 unspecified atom stereocenters. The lowest BCUT2D eigenvalue weighted by molar-refractivity contribution is -0.135. The molecule has 1 rings (SSSR count). The number of alkyl halides is 1. The van der Waals surface area contributed by atoms with Gasteiger partial charge in [-0.15, -0.1) is 0 Å². The van der Waals surface area contributed by atoms with Gasteiger partial charge in [0.1, 0.15) is 6.10 Å². The van der Waals surface area contributed by atoms with Crippen LogP contribution in [0.15, 0.2) is 0 Å². The molecule has 0 spiro atoms. The Labute approximate surface area is 65.1 Å². The predicted octanol–water partition coefficient (Wildman–Crippen LogP) is 0.467. The van der Waals surface area contributed by atoms with E-state index in [1.807, 2.05) is 6.92 Å². The molecule has 1 heterocycles. The third-order valence-electron chi connectivity index (χ3n) is 1.91. The summed E-state index contributed by atoms with van der Waals surface area (Å²) in [6, 6.07) is 0. The Balaban J connectivity index is 2.53. The summed E-state index contributed by atoms with van der Waals surface area (Å²) in [5.74, 6) is 0. The SMILES string of the molecule is CC[C@H]1O[C@@H](OC)C(F)[C@H]1O. The van der Waals surface area contributed by atoms with Crippen LogP contribution >= 0.6 is 0 Å². The molecule has 1 fully saturated rings. The lowest BCUT2D eigenvalue weighted by Gasteiger charge is -2.09. The van der Waals surface area contributed by atoms with E-state index in [1.54, 1.807) is 0 Å². The van der Waals surface area contributed by atoms with E-state index in [0.29, 0.717) is 6.42 Å². The van der Waals surface area contributed by atoms with Crippen LogP contribution in [0.5, 0.6) is 0 Å². The van der Waals surface area contributed by atoms with Crippen molar-refractivity contribution in [2.45, 2.75) is 38.0 Å². The van der Waals surface area contributed by atoms with Crippen LogP contribution in [-0.4, -0.2) is 36.9 Å². The van der Waals surface area contributed by atoms with Crippen LogP contribution in [0.1, 0.15) is 13.3 Å². The summed E-state index contributed by atoms with van der Waals surface area (Å²) in [7, 11) is 1.36. The number of aliphatic hydroxyl groups excluding tert-OH is 1. The minimum absolute atomic E-state index is 0.421. The minimum Gasteiger partial charge on any atom is -0.387 e. The summed E-state index contributed by atoms with van der Waals surface area (Å²) in [6.07, 6.45) is -3.17. The second-order valence-electron chi connectivity index (χ2n) is 2.62. The van der Waals surface area contributed by atoms with E-state index in [2.05, 4.69) is 4.74 Å². The van der Waals surface area contributed by atoms with Crippen molar-refractivity contribution in [2.75, 3.05) is 7.11 Å². The maximum atomic E-state index is 12.9. The van der Waals surface area contributed by atoms with Gasteiger partial charge in [-0.05, 0) is 6.42 Å². The van der Waals surface area contributed by atoms with Gasteiger partial charge in [-0.1, -0.05) is 6.92 Å². The van der Waals surface area contributed by atoms with Gasteiger partial charge in [-0.2, -0.15) is 0 Å². The molecule has 4 atom stereocenters. The molecule has 11 heavy (non-hydrogen) atoms. The highest BCUT2D eigenvalue weighted by molar-refractivity contribution is 4.85. The number of rotatable bonds is 2. The highest BCUT2D eigenvalue weighted by Crippen LogP contribution is 2.25. The van der Waals surface area contributed by atoms with E-state index in [4.69, 9.17) is 4.74 Å². The van der Waals surface area contributed by atoms with Gasteiger partial charge in [0.2, 0.25) is 0 Å². The van der Waals surface area contributed by atoms with E-state index >= 15 is 0 Å². The number of hydrogen-bond acceptors (Lipinski definition) is 3. The molecular formula is C7H13FO3. The third-order valence-corrected chi connectivity index (χ3v) is 1.91. The summed E-state index contributed by atoms with van der Waals surface area (Å²) in [5.41, 5.74) is 0. The fourth-order valence-corrected chi connectivity index (χ4v) is 1.22. The first-order valence-corrected chi connectivity index (χ1v) is 3.71. The highest BCUT2D eigenvalue weighted by Gasteiger charge is 2.43. The largest absolute Gasteiger partial charge is 0.387 e. The number of hydrogen-bond donors (Lipinski definition) is 1. The average Bonchev–Trinajstić information content (AvgIpc) is 2.30. The first-order chi connectivity index (χ1) is 5.20. The van der Waals surface area contributed by atoms with Gasteiger partial charge in [-0.3, -0.25) is 0 Å².